The monoisotopic (exact) mass is 335 g/mol. The summed E-state index contributed by atoms with van der Waals surface area (Å²) in [6, 6.07) is 5.75. The molecular weight excluding hydrogens is 306 g/mol. The summed E-state index contributed by atoms with van der Waals surface area (Å²) in [5.41, 5.74) is 1.01. The number of ether oxygens (including phenoxy) is 3. The van der Waals surface area contributed by atoms with Crippen LogP contribution in [0.15, 0.2) is 18.2 Å². The standard InChI is InChI=1S/C19H29NO4/c1-14(2)8-19(21)20-7-5-6-16(12-20)24-13-15-9-17(22-3)11-18(10-15)23-4/h9-11,14,16H,5-8,12-13H2,1-4H3/t16-/m0/s1. The molecule has 1 aliphatic heterocycles. The molecule has 0 aliphatic carbocycles. The maximum Gasteiger partial charge on any atom is 0.222 e. The Labute approximate surface area is 144 Å². The van der Waals surface area contributed by atoms with Crippen LogP contribution in [0.1, 0.15) is 38.7 Å². The second-order valence-electron chi connectivity index (χ2n) is 6.73. The molecule has 0 aromatic heterocycles. The van der Waals surface area contributed by atoms with Gasteiger partial charge in [-0.15, -0.1) is 0 Å². The lowest BCUT2D eigenvalue weighted by atomic mass is 10.1. The summed E-state index contributed by atoms with van der Waals surface area (Å²) in [4.78, 5) is 14.2. The molecule has 0 bridgehead atoms. The average molecular weight is 335 g/mol. The fourth-order valence-electron chi connectivity index (χ4n) is 2.94. The molecule has 1 aromatic carbocycles. The minimum absolute atomic E-state index is 0.0899. The molecule has 24 heavy (non-hydrogen) atoms. The van der Waals surface area contributed by atoms with Gasteiger partial charge in [0.1, 0.15) is 11.5 Å². The third kappa shape index (κ3) is 5.41. The van der Waals surface area contributed by atoms with Gasteiger partial charge in [-0.25, -0.2) is 0 Å². The van der Waals surface area contributed by atoms with E-state index in [1.54, 1.807) is 14.2 Å². The highest BCUT2D eigenvalue weighted by atomic mass is 16.5. The van der Waals surface area contributed by atoms with Crippen molar-refractivity contribution in [3.63, 3.8) is 0 Å². The van der Waals surface area contributed by atoms with E-state index in [1.165, 1.54) is 0 Å². The van der Waals surface area contributed by atoms with Crippen LogP contribution in [0.5, 0.6) is 11.5 Å². The van der Waals surface area contributed by atoms with Gasteiger partial charge in [0.15, 0.2) is 0 Å². The number of hydrogen-bond acceptors (Lipinski definition) is 4. The molecule has 1 aromatic rings. The number of methoxy groups -OCH3 is 2. The van der Waals surface area contributed by atoms with E-state index in [0.29, 0.717) is 25.5 Å². The second kappa shape index (κ2) is 8.92. The van der Waals surface area contributed by atoms with Crippen LogP contribution in [-0.4, -0.2) is 44.2 Å². The van der Waals surface area contributed by atoms with E-state index in [4.69, 9.17) is 14.2 Å². The van der Waals surface area contributed by atoms with E-state index in [1.807, 2.05) is 23.1 Å². The minimum atomic E-state index is 0.0899. The van der Waals surface area contributed by atoms with Crippen LogP contribution in [0.2, 0.25) is 0 Å². The van der Waals surface area contributed by atoms with Crippen LogP contribution >= 0.6 is 0 Å². The SMILES string of the molecule is COc1cc(CO[C@H]2CCCN(C(=O)CC(C)C)C2)cc(OC)c1. The molecular formula is C19H29NO4. The molecule has 0 radical (unpaired) electrons. The van der Waals surface area contributed by atoms with Crippen molar-refractivity contribution in [3.8, 4) is 11.5 Å². The molecule has 1 atom stereocenters. The summed E-state index contributed by atoms with van der Waals surface area (Å²) in [7, 11) is 3.28. The van der Waals surface area contributed by atoms with E-state index in [9.17, 15) is 4.79 Å². The molecule has 0 saturated carbocycles. The van der Waals surface area contributed by atoms with Gasteiger partial charge in [-0.1, -0.05) is 13.8 Å². The maximum atomic E-state index is 12.2. The highest BCUT2D eigenvalue weighted by Gasteiger charge is 2.24. The van der Waals surface area contributed by atoms with Crippen LogP contribution < -0.4 is 9.47 Å². The summed E-state index contributed by atoms with van der Waals surface area (Å²) in [6.07, 6.45) is 2.69. The first kappa shape index (κ1) is 18.6. The molecule has 1 fully saturated rings. The topological polar surface area (TPSA) is 48.0 Å². The number of likely N-dealkylation sites (tertiary alicyclic amines) is 1. The number of hydrogen-bond donors (Lipinski definition) is 0. The van der Waals surface area contributed by atoms with Gasteiger partial charge in [-0.2, -0.15) is 0 Å². The highest BCUT2D eigenvalue weighted by Crippen LogP contribution is 2.24. The Morgan fingerprint density at radius 1 is 1.21 bits per heavy atom. The van der Waals surface area contributed by atoms with Crippen LogP contribution in [0.4, 0.5) is 0 Å². The van der Waals surface area contributed by atoms with E-state index in [2.05, 4.69) is 13.8 Å². The minimum Gasteiger partial charge on any atom is -0.497 e. The van der Waals surface area contributed by atoms with Gasteiger partial charge >= 0.3 is 0 Å². The van der Waals surface area contributed by atoms with Gasteiger partial charge in [0, 0.05) is 25.6 Å². The molecule has 0 unspecified atom stereocenters. The molecule has 1 aliphatic rings. The lowest BCUT2D eigenvalue weighted by Gasteiger charge is -2.33. The molecule has 0 spiro atoms. The number of piperidine rings is 1. The third-order valence-electron chi connectivity index (χ3n) is 4.21. The first-order valence-electron chi connectivity index (χ1n) is 8.63. The summed E-state index contributed by atoms with van der Waals surface area (Å²) < 4.78 is 16.6. The zero-order valence-corrected chi connectivity index (χ0v) is 15.2. The molecule has 5 nitrogen and oxygen atoms in total. The number of amides is 1. The van der Waals surface area contributed by atoms with Gasteiger partial charge in [0.2, 0.25) is 5.91 Å². The Balaban J connectivity index is 1.90. The summed E-state index contributed by atoms with van der Waals surface area (Å²) in [6.45, 7) is 6.17. The molecule has 2 rings (SSSR count). The van der Waals surface area contributed by atoms with E-state index >= 15 is 0 Å². The van der Waals surface area contributed by atoms with Crippen molar-refractivity contribution in [2.24, 2.45) is 5.92 Å². The Morgan fingerprint density at radius 3 is 2.46 bits per heavy atom. The number of carbonyl (C=O) groups excluding carboxylic acids is 1. The van der Waals surface area contributed by atoms with Gasteiger partial charge in [-0.05, 0) is 36.5 Å². The maximum absolute atomic E-state index is 12.2. The molecule has 134 valence electrons. The van der Waals surface area contributed by atoms with Crippen molar-refractivity contribution in [1.29, 1.82) is 0 Å². The Kier molecular flexibility index (Phi) is 6.91. The van der Waals surface area contributed by atoms with Gasteiger partial charge < -0.3 is 19.1 Å². The predicted octanol–water partition coefficient (Wildman–Crippen LogP) is 3.26. The van der Waals surface area contributed by atoms with Crippen molar-refractivity contribution < 1.29 is 19.0 Å². The van der Waals surface area contributed by atoms with Crippen molar-refractivity contribution in [3.05, 3.63) is 23.8 Å². The lowest BCUT2D eigenvalue weighted by molar-refractivity contribution is -0.136. The fourth-order valence-corrected chi connectivity index (χ4v) is 2.94. The number of benzene rings is 1. The quantitative estimate of drug-likeness (QED) is 0.767. The second-order valence-corrected chi connectivity index (χ2v) is 6.73. The molecule has 1 saturated heterocycles. The zero-order chi connectivity index (χ0) is 17.5. The molecule has 1 heterocycles. The first-order valence-corrected chi connectivity index (χ1v) is 8.63. The zero-order valence-electron chi connectivity index (χ0n) is 15.2. The normalized spacial score (nSPS) is 17.9. The van der Waals surface area contributed by atoms with Crippen molar-refractivity contribution in [2.45, 2.75) is 45.8 Å². The lowest BCUT2D eigenvalue weighted by Crippen LogP contribution is -2.43. The summed E-state index contributed by atoms with van der Waals surface area (Å²) in [5, 5.41) is 0. The van der Waals surface area contributed by atoms with Gasteiger partial charge in [0.05, 0.1) is 26.9 Å². The average Bonchev–Trinajstić information content (AvgIpc) is 2.59. The van der Waals surface area contributed by atoms with Crippen molar-refractivity contribution in [1.82, 2.24) is 4.90 Å². The van der Waals surface area contributed by atoms with Gasteiger partial charge in [0.25, 0.3) is 0 Å². The largest absolute Gasteiger partial charge is 0.497 e. The Bertz CT molecular complexity index is 522. The van der Waals surface area contributed by atoms with Crippen LogP contribution in [0.3, 0.4) is 0 Å². The predicted molar refractivity (Wildman–Crippen MR) is 93.4 cm³/mol. The van der Waals surface area contributed by atoms with Crippen LogP contribution in [0.25, 0.3) is 0 Å². The van der Waals surface area contributed by atoms with E-state index in [-0.39, 0.29) is 12.0 Å². The number of nitrogens with zero attached hydrogens (tertiary/aromatic N) is 1. The van der Waals surface area contributed by atoms with Crippen LogP contribution in [0, 0.1) is 5.92 Å². The Morgan fingerprint density at radius 2 is 1.88 bits per heavy atom. The first-order chi connectivity index (χ1) is 11.5. The fraction of sp³-hybridized carbons (Fsp3) is 0.632. The Hall–Kier alpha value is -1.75. The molecule has 0 N–H and O–H groups in total. The van der Waals surface area contributed by atoms with E-state index in [0.717, 1.165) is 36.4 Å². The van der Waals surface area contributed by atoms with Gasteiger partial charge in [-0.3, -0.25) is 4.79 Å². The number of rotatable bonds is 7. The van der Waals surface area contributed by atoms with Crippen molar-refractivity contribution >= 4 is 5.91 Å². The summed E-state index contributed by atoms with van der Waals surface area (Å²) in [5.74, 6) is 2.14. The molecule has 5 heteroatoms. The number of carbonyl (C=O) groups is 1. The summed E-state index contributed by atoms with van der Waals surface area (Å²) >= 11 is 0. The van der Waals surface area contributed by atoms with Crippen LogP contribution in [-0.2, 0) is 16.1 Å². The van der Waals surface area contributed by atoms with Crippen molar-refractivity contribution in [2.75, 3.05) is 27.3 Å². The van der Waals surface area contributed by atoms with E-state index < -0.39 is 0 Å². The molecule has 1 amide bonds. The smallest absolute Gasteiger partial charge is 0.222 e. The third-order valence-corrected chi connectivity index (χ3v) is 4.21. The highest BCUT2D eigenvalue weighted by molar-refractivity contribution is 5.76.